The van der Waals surface area contributed by atoms with Crippen molar-refractivity contribution in [1.29, 1.82) is 0 Å². The largest absolute Gasteiger partial charge is 0.497 e. The van der Waals surface area contributed by atoms with E-state index in [1.807, 2.05) is 19.1 Å². The second kappa shape index (κ2) is 6.78. The summed E-state index contributed by atoms with van der Waals surface area (Å²) in [5, 5.41) is 0.466. The Bertz CT molecular complexity index is 632. The second-order valence-electron chi connectivity index (χ2n) is 4.72. The molecule has 21 heavy (non-hydrogen) atoms. The summed E-state index contributed by atoms with van der Waals surface area (Å²) in [5.74, 6) is 0.870. The molecule has 0 aliphatic heterocycles. The summed E-state index contributed by atoms with van der Waals surface area (Å²) in [6.45, 7) is 1.92. The Morgan fingerprint density at radius 2 is 2.00 bits per heavy atom. The molecule has 0 spiro atoms. The topological polar surface area (TPSA) is 44.5 Å². The third-order valence-electron chi connectivity index (χ3n) is 3.10. The van der Waals surface area contributed by atoms with Crippen molar-refractivity contribution in [3.05, 3.63) is 58.4 Å². The lowest BCUT2D eigenvalue weighted by Gasteiger charge is -2.15. The third kappa shape index (κ3) is 3.86. The minimum atomic E-state index is -0.357. The van der Waals surface area contributed by atoms with Gasteiger partial charge >= 0.3 is 0 Å². The lowest BCUT2D eigenvalue weighted by atomic mass is 10.1. The normalized spacial score (nSPS) is 12.0. The predicted octanol–water partition coefficient (Wildman–Crippen LogP) is 4.09. The van der Waals surface area contributed by atoms with Crippen LogP contribution in [-0.4, -0.2) is 7.11 Å². The predicted molar refractivity (Wildman–Crippen MR) is 81.3 cm³/mol. The summed E-state index contributed by atoms with van der Waals surface area (Å²) in [4.78, 5) is 0. The highest BCUT2D eigenvalue weighted by atomic mass is 35.5. The molecule has 2 N–H and O–H groups in total. The number of ether oxygens (including phenoxy) is 2. The van der Waals surface area contributed by atoms with Crippen LogP contribution in [0.1, 0.15) is 24.1 Å². The Balaban J connectivity index is 2.24. The van der Waals surface area contributed by atoms with Gasteiger partial charge in [0.05, 0.1) is 7.11 Å². The molecule has 2 aromatic rings. The maximum absolute atomic E-state index is 13.7. The van der Waals surface area contributed by atoms with Crippen molar-refractivity contribution in [3.8, 4) is 11.5 Å². The highest BCUT2D eigenvalue weighted by Crippen LogP contribution is 2.29. The Morgan fingerprint density at radius 3 is 2.67 bits per heavy atom. The minimum absolute atomic E-state index is 0.0687. The molecule has 0 amide bonds. The molecule has 1 atom stereocenters. The summed E-state index contributed by atoms with van der Waals surface area (Å²) < 4.78 is 24.6. The highest BCUT2D eigenvalue weighted by molar-refractivity contribution is 6.30. The molecule has 0 saturated heterocycles. The quantitative estimate of drug-likeness (QED) is 0.905. The number of hydrogen-bond acceptors (Lipinski definition) is 3. The smallest absolute Gasteiger partial charge is 0.129 e. The molecule has 112 valence electrons. The van der Waals surface area contributed by atoms with E-state index < -0.39 is 0 Å². The van der Waals surface area contributed by atoms with Crippen molar-refractivity contribution in [2.75, 3.05) is 7.11 Å². The average Bonchev–Trinajstić information content (AvgIpc) is 2.47. The summed E-state index contributed by atoms with van der Waals surface area (Å²) in [5.41, 5.74) is 7.13. The fraction of sp³-hybridized carbons (Fsp3) is 0.250. The number of rotatable bonds is 5. The van der Waals surface area contributed by atoms with Crippen LogP contribution >= 0.6 is 11.6 Å². The van der Waals surface area contributed by atoms with E-state index in [4.69, 9.17) is 26.8 Å². The molecular formula is C16H17ClFNO2. The number of nitrogens with two attached hydrogens (primary N) is 1. The van der Waals surface area contributed by atoms with Gasteiger partial charge in [-0.2, -0.15) is 0 Å². The lowest BCUT2D eigenvalue weighted by molar-refractivity contribution is 0.293. The van der Waals surface area contributed by atoms with Gasteiger partial charge in [0.2, 0.25) is 0 Å². The summed E-state index contributed by atoms with van der Waals surface area (Å²) in [7, 11) is 1.57. The van der Waals surface area contributed by atoms with Gasteiger partial charge in [-0.05, 0) is 31.2 Å². The van der Waals surface area contributed by atoms with Gasteiger partial charge in [-0.3, -0.25) is 0 Å². The van der Waals surface area contributed by atoms with Gasteiger partial charge in [-0.1, -0.05) is 17.7 Å². The second-order valence-corrected chi connectivity index (χ2v) is 5.15. The van der Waals surface area contributed by atoms with Crippen molar-refractivity contribution in [2.24, 2.45) is 5.73 Å². The minimum Gasteiger partial charge on any atom is -0.497 e. The summed E-state index contributed by atoms with van der Waals surface area (Å²) in [6, 6.07) is 9.55. The molecule has 5 heteroatoms. The molecule has 0 fully saturated rings. The van der Waals surface area contributed by atoms with E-state index in [0.29, 0.717) is 22.1 Å². The number of benzene rings is 2. The maximum atomic E-state index is 13.7. The molecule has 3 nitrogen and oxygen atoms in total. The average molecular weight is 310 g/mol. The van der Waals surface area contributed by atoms with Gasteiger partial charge in [0.25, 0.3) is 0 Å². The van der Waals surface area contributed by atoms with Gasteiger partial charge < -0.3 is 15.2 Å². The molecule has 1 unspecified atom stereocenters. The van der Waals surface area contributed by atoms with Crippen LogP contribution < -0.4 is 15.2 Å². The van der Waals surface area contributed by atoms with E-state index in [1.54, 1.807) is 19.2 Å². The molecule has 0 heterocycles. The highest BCUT2D eigenvalue weighted by Gasteiger charge is 2.11. The van der Waals surface area contributed by atoms with E-state index in [9.17, 15) is 4.39 Å². The van der Waals surface area contributed by atoms with Crippen LogP contribution in [0.4, 0.5) is 4.39 Å². The molecule has 0 saturated carbocycles. The van der Waals surface area contributed by atoms with Crippen LogP contribution in [-0.2, 0) is 6.61 Å². The molecule has 0 bridgehead atoms. The first-order valence-electron chi connectivity index (χ1n) is 6.51. The molecule has 0 radical (unpaired) electrons. The van der Waals surface area contributed by atoms with Crippen LogP contribution in [0, 0.1) is 5.82 Å². The van der Waals surface area contributed by atoms with Gasteiger partial charge in [0.1, 0.15) is 23.9 Å². The SMILES string of the molecule is COc1ccc(C(C)N)c(OCc2cc(Cl)ccc2F)c1. The Labute approximate surface area is 128 Å². The van der Waals surface area contributed by atoms with Crippen molar-refractivity contribution >= 4 is 11.6 Å². The van der Waals surface area contributed by atoms with Gasteiger partial charge in [-0.15, -0.1) is 0 Å². The van der Waals surface area contributed by atoms with Crippen LogP contribution in [0.5, 0.6) is 11.5 Å². The first-order chi connectivity index (χ1) is 10.0. The van der Waals surface area contributed by atoms with Crippen molar-refractivity contribution in [2.45, 2.75) is 19.6 Å². The molecule has 2 aromatic carbocycles. The van der Waals surface area contributed by atoms with Crippen molar-refractivity contribution in [3.63, 3.8) is 0 Å². The number of hydrogen-bond donors (Lipinski definition) is 1. The summed E-state index contributed by atoms with van der Waals surface area (Å²) in [6.07, 6.45) is 0. The van der Waals surface area contributed by atoms with Gasteiger partial charge in [0, 0.05) is 28.3 Å². The van der Waals surface area contributed by atoms with Crippen LogP contribution in [0.15, 0.2) is 36.4 Å². The first kappa shape index (κ1) is 15.6. The monoisotopic (exact) mass is 309 g/mol. The fourth-order valence-electron chi connectivity index (χ4n) is 1.95. The van der Waals surface area contributed by atoms with E-state index in [-0.39, 0.29) is 18.5 Å². The van der Waals surface area contributed by atoms with E-state index >= 15 is 0 Å². The van der Waals surface area contributed by atoms with E-state index in [0.717, 1.165) is 5.56 Å². The van der Waals surface area contributed by atoms with Crippen molar-refractivity contribution < 1.29 is 13.9 Å². The van der Waals surface area contributed by atoms with Crippen LogP contribution in [0.2, 0.25) is 5.02 Å². The van der Waals surface area contributed by atoms with E-state index in [2.05, 4.69) is 0 Å². The molecule has 0 aliphatic carbocycles. The maximum Gasteiger partial charge on any atom is 0.129 e. The Kier molecular flexibility index (Phi) is 5.04. The standard InChI is InChI=1S/C16H17ClFNO2/c1-10(19)14-5-4-13(20-2)8-16(14)21-9-11-7-12(17)3-6-15(11)18/h3-8,10H,9,19H2,1-2H3. The first-order valence-corrected chi connectivity index (χ1v) is 6.89. The van der Waals surface area contributed by atoms with Crippen LogP contribution in [0.25, 0.3) is 0 Å². The van der Waals surface area contributed by atoms with E-state index in [1.165, 1.54) is 12.1 Å². The van der Waals surface area contributed by atoms with Gasteiger partial charge in [0.15, 0.2) is 0 Å². The molecule has 0 aliphatic rings. The molecule has 0 aromatic heterocycles. The lowest BCUT2D eigenvalue weighted by Crippen LogP contribution is -2.08. The Hall–Kier alpha value is -1.78. The van der Waals surface area contributed by atoms with Gasteiger partial charge in [-0.25, -0.2) is 4.39 Å². The zero-order valence-electron chi connectivity index (χ0n) is 11.9. The Morgan fingerprint density at radius 1 is 1.24 bits per heavy atom. The van der Waals surface area contributed by atoms with Crippen LogP contribution in [0.3, 0.4) is 0 Å². The zero-order chi connectivity index (χ0) is 15.4. The fourth-order valence-corrected chi connectivity index (χ4v) is 2.15. The molecular weight excluding hydrogens is 293 g/mol. The number of halogens is 2. The van der Waals surface area contributed by atoms with Crippen molar-refractivity contribution in [1.82, 2.24) is 0 Å². The third-order valence-corrected chi connectivity index (χ3v) is 3.34. The molecule has 2 rings (SSSR count). The summed E-state index contributed by atoms with van der Waals surface area (Å²) >= 11 is 5.87. The number of methoxy groups -OCH3 is 1. The zero-order valence-corrected chi connectivity index (χ0v) is 12.7.